The van der Waals surface area contributed by atoms with E-state index in [1.165, 1.54) is 32.1 Å². The van der Waals surface area contributed by atoms with Gasteiger partial charge in [0.05, 0.1) is 18.0 Å². The summed E-state index contributed by atoms with van der Waals surface area (Å²) in [5.41, 5.74) is 2.90. The van der Waals surface area contributed by atoms with Crippen LogP contribution in [0.3, 0.4) is 0 Å². The highest BCUT2D eigenvalue weighted by Crippen LogP contribution is 2.30. The molecule has 1 aliphatic carbocycles. The van der Waals surface area contributed by atoms with Gasteiger partial charge in [0.2, 0.25) is 5.91 Å². The van der Waals surface area contributed by atoms with Crippen LogP contribution in [0.2, 0.25) is 5.02 Å². The molecule has 0 radical (unpaired) electrons. The number of benzene rings is 1. The molecule has 0 bridgehead atoms. The number of hydrogen-bond donors (Lipinski definition) is 0. The molecule has 0 saturated heterocycles. The van der Waals surface area contributed by atoms with Gasteiger partial charge < -0.3 is 9.64 Å². The number of ether oxygens (including phenoxy) is 1. The molecule has 1 aromatic carbocycles. The van der Waals surface area contributed by atoms with Crippen LogP contribution in [0.15, 0.2) is 24.3 Å². The molecule has 0 unspecified atom stereocenters. The first-order chi connectivity index (χ1) is 15.1. The van der Waals surface area contributed by atoms with E-state index in [1.54, 1.807) is 23.7 Å². The lowest BCUT2D eigenvalue weighted by molar-refractivity contribution is -0.132. The second-order valence-corrected chi connectivity index (χ2v) is 8.93. The average Bonchev–Trinajstić information content (AvgIpc) is 3.18. The lowest BCUT2D eigenvalue weighted by atomic mass is 9.86. The lowest BCUT2D eigenvalue weighted by Crippen LogP contribution is -2.37. The Bertz CT molecular complexity index is 932. The van der Waals surface area contributed by atoms with E-state index in [0.29, 0.717) is 42.6 Å². The van der Waals surface area contributed by atoms with Crippen LogP contribution in [0, 0.1) is 5.92 Å². The van der Waals surface area contributed by atoms with Crippen molar-refractivity contribution in [2.75, 3.05) is 13.2 Å². The molecule has 0 N–H and O–H groups in total. The molecule has 7 heteroatoms. The van der Waals surface area contributed by atoms with E-state index in [9.17, 15) is 9.59 Å². The van der Waals surface area contributed by atoms with Crippen molar-refractivity contribution in [3.05, 3.63) is 46.2 Å². The van der Waals surface area contributed by atoms with Crippen molar-refractivity contribution < 1.29 is 14.3 Å². The van der Waals surface area contributed by atoms with Crippen molar-refractivity contribution >= 4 is 23.5 Å². The van der Waals surface area contributed by atoms with Crippen LogP contribution in [0.25, 0.3) is 5.69 Å². The van der Waals surface area contributed by atoms with Gasteiger partial charge in [0, 0.05) is 36.5 Å². The Morgan fingerprint density at radius 3 is 2.61 bits per heavy atom. The van der Waals surface area contributed by atoms with Crippen molar-refractivity contribution in [1.82, 2.24) is 14.7 Å². The van der Waals surface area contributed by atoms with Gasteiger partial charge in [-0.3, -0.25) is 4.79 Å². The molecule has 1 saturated carbocycles. The number of carbonyl (C=O) groups is 2. The van der Waals surface area contributed by atoms with E-state index in [1.807, 2.05) is 17.0 Å². The average molecular weight is 444 g/mol. The lowest BCUT2D eigenvalue weighted by Gasteiger charge is -2.29. The molecule has 2 aromatic rings. The van der Waals surface area contributed by atoms with Gasteiger partial charge in [0.15, 0.2) is 5.69 Å². The maximum atomic E-state index is 12.9. The fourth-order valence-corrected chi connectivity index (χ4v) is 4.88. The Kier molecular flexibility index (Phi) is 6.96. The third-order valence-corrected chi connectivity index (χ3v) is 6.69. The quantitative estimate of drug-likeness (QED) is 0.592. The van der Waals surface area contributed by atoms with Gasteiger partial charge in [-0.25, -0.2) is 9.48 Å². The molecule has 166 valence electrons. The Balaban J connectivity index is 1.54. The predicted molar refractivity (Wildman–Crippen MR) is 119 cm³/mol. The van der Waals surface area contributed by atoms with Crippen LogP contribution in [-0.4, -0.2) is 39.7 Å². The summed E-state index contributed by atoms with van der Waals surface area (Å²) < 4.78 is 7.04. The SMILES string of the molecule is CCOC(=O)c1nn(-c2ccc(Cl)cc2)c2c1CN(C(=O)CCC1CCCCC1)CC2. The number of halogens is 1. The summed E-state index contributed by atoms with van der Waals surface area (Å²) in [4.78, 5) is 27.4. The first-order valence-corrected chi connectivity index (χ1v) is 11.8. The second-order valence-electron chi connectivity index (χ2n) is 8.49. The van der Waals surface area contributed by atoms with E-state index >= 15 is 0 Å². The number of esters is 1. The molecule has 1 amide bonds. The molecule has 1 fully saturated rings. The highest BCUT2D eigenvalue weighted by Gasteiger charge is 2.31. The normalized spacial score (nSPS) is 16.8. The monoisotopic (exact) mass is 443 g/mol. The van der Waals surface area contributed by atoms with E-state index in [4.69, 9.17) is 16.3 Å². The zero-order chi connectivity index (χ0) is 21.8. The molecule has 4 rings (SSSR count). The minimum atomic E-state index is -0.442. The highest BCUT2D eigenvalue weighted by atomic mass is 35.5. The minimum absolute atomic E-state index is 0.172. The van der Waals surface area contributed by atoms with Crippen LogP contribution in [-0.2, 0) is 22.5 Å². The molecule has 2 heterocycles. The first-order valence-electron chi connectivity index (χ1n) is 11.4. The molecular weight excluding hydrogens is 414 g/mol. The third-order valence-electron chi connectivity index (χ3n) is 6.44. The molecule has 0 spiro atoms. The molecule has 6 nitrogen and oxygen atoms in total. The maximum Gasteiger partial charge on any atom is 0.359 e. The molecule has 0 atom stereocenters. The smallest absolute Gasteiger partial charge is 0.359 e. The molecular formula is C24H30ClN3O3. The van der Waals surface area contributed by atoms with Crippen LogP contribution in [0.5, 0.6) is 0 Å². The Morgan fingerprint density at radius 1 is 1.16 bits per heavy atom. The molecule has 1 aromatic heterocycles. The fraction of sp³-hybridized carbons (Fsp3) is 0.542. The van der Waals surface area contributed by atoms with E-state index < -0.39 is 5.97 Å². The number of nitrogens with zero attached hydrogens (tertiary/aromatic N) is 3. The van der Waals surface area contributed by atoms with Gasteiger partial charge in [-0.15, -0.1) is 0 Å². The number of hydrogen-bond acceptors (Lipinski definition) is 4. The number of fused-ring (bicyclic) bond motifs is 1. The molecule has 31 heavy (non-hydrogen) atoms. The number of amides is 1. The highest BCUT2D eigenvalue weighted by molar-refractivity contribution is 6.30. The summed E-state index contributed by atoms with van der Waals surface area (Å²) in [5, 5.41) is 5.23. The van der Waals surface area contributed by atoms with Gasteiger partial charge in [-0.2, -0.15) is 5.10 Å². The predicted octanol–water partition coefficient (Wildman–Crippen LogP) is 4.95. The second kappa shape index (κ2) is 9.86. The van der Waals surface area contributed by atoms with Gasteiger partial charge in [-0.1, -0.05) is 43.7 Å². The third kappa shape index (κ3) is 4.95. The van der Waals surface area contributed by atoms with E-state index in [-0.39, 0.29) is 12.5 Å². The Morgan fingerprint density at radius 2 is 1.90 bits per heavy atom. The van der Waals surface area contributed by atoms with Gasteiger partial charge in [0.1, 0.15) is 0 Å². The van der Waals surface area contributed by atoms with E-state index in [2.05, 4.69) is 5.10 Å². The summed E-state index contributed by atoms with van der Waals surface area (Å²) in [6.07, 6.45) is 8.61. The van der Waals surface area contributed by atoms with Crippen molar-refractivity contribution in [3.63, 3.8) is 0 Å². The summed E-state index contributed by atoms with van der Waals surface area (Å²) in [6, 6.07) is 7.37. The number of aromatic nitrogens is 2. The zero-order valence-electron chi connectivity index (χ0n) is 18.1. The van der Waals surface area contributed by atoms with Crippen LogP contribution < -0.4 is 0 Å². The minimum Gasteiger partial charge on any atom is -0.461 e. The van der Waals surface area contributed by atoms with Gasteiger partial charge in [0.25, 0.3) is 0 Å². The number of carbonyl (C=O) groups excluding carboxylic acids is 2. The summed E-state index contributed by atoms with van der Waals surface area (Å²) in [5.74, 6) is 0.411. The zero-order valence-corrected chi connectivity index (χ0v) is 18.9. The van der Waals surface area contributed by atoms with Gasteiger partial charge >= 0.3 is 5.97 Å². The van der Waals surface area contributed by atoms with E-state index in [0.717, 1.165) is 23.4 Å². The largest absolute Gasteiger partial charge is 0.461 e. The summed E-state index contributed by atoms with van der Waals surface area (Å²) in [6.45, 7) is 3.10. The van der Waals surface area contributed by atoms with Crippen molar-refractivity contribution in [3.8, 4) is 5.69 Å². The van der Waals surface area contributed by atoms with Crippen molar-refractivity contribution in [2.45, 2.75) is 64.8 Å². The van der Waals surface area contributed by atoms with Gasteiger partial charge in [-0.05, 0) is 43.5 Å². The first kappa shape index (κ1) is 21.9. The van der Waals surface area contributed by atoms with Crippen LogP contribution in [0.4, 0.5) is 0 Å². The summed E-state index contributed by atoms with van der Waals surface area (Å²) in [7, 11) is 0. The fourth-order valence-electron chi connectivity index (χ4n) is 4.75. The molecule has 2 aliphatic rings. The van der Waals surface area contributed by atoms with Crippen LogP contribution in [0.1, 0.15) is 73.6 Å². The van der Waals surface area contributed by atoms with Crippen LogP contribution >= 0.6 is 11.6 Å². The maximum absolute atomic E-state index is 12.9. The Labute approximate surface area is 188 Å². The van der Waals surface area contributed by atoms with Crippen molar-refractivity contribution in [2.24, 2.45) is 5.92 Å². The standard InChI is InChI=1S/C24H30ClN3O3/c1-2-31-24(30)23-20-16-27(22(29)13-8-17-6-4-3-5-7-17)15-14-21(20)28(26-23)19-11-9-18(25)10-12-19/h9-12,17H,2-8,13-16H2,1H3. The van der Waals surface area contributed by atoms with Crippen molar-refractivity contribution in [1.29, 1.82) is 0 Å². The Hall–Kier alpha value is -2.34. The summed E-state index contributed by atoms with van der Waals surface area (Å²) >= 11 is 6.03. The number of rotatable bonds is 6. The molecule has 1 aliphatic heterocycles. The topological polar surface area (TPSA) is 64.4 Å².